The lowest BCUT2D eigenvalue weighted by Gasteiger charge is -2.22. The minimum Gasteiger partial charge on any atom is -0.0616 e. The number of hydrogen-bond donors (Lipinski definition) is 0. The van der Waals surface area contributed by atoms with Crippen molar-refractivity contribution in [3.05, 3.63) is 170 Å². The summed E-state index contributed by atoms with van der Waals surface area (Å²) in [7, 11) is 0. The predicted molar refractivity (Wildman–Crippen MR) is 200 cm³/mol. The summed E-state index contributed by atoms with van der Waals surface area (Å²) < 4.78 is 0. The van der Waals surface area contributed by atoms with Gasteiger partial charge in [-0.3, -0.25) is 0 Å². The quantitative estimate of drug-likeness (QED) is 0.141. The summed E-state index contributed by atoms with van der Waals surface area (Å²) in [6.07, 6.45) is 0. The molecule has 0 aliphatic heterocycles. The average molecular weight is 581 g/mol. The Kier molecular flexibility index (Phi) is 5.38. The van der Waals surface area contributed by atoms with Crippen molar-refractivity contribution in [2.45, 2.75) is 0 Å². The predicted octanol–water partition coefficient (Wildman–Crippen LogP) is 13.1. The van der Waals surface area contributed by atoms with E-state index in [0.29, 0.717) is 0 Å². The summed E-state index contributed by atoms with van der Waals surface area (Å²) in [4.78, 5) is 0. The Morgan fingerprint density at radius 3 is 1.43 bits per heavy atom. The van der Waals surface area contributed by atoms with Gasteiger partial charge in [0, 0.05) is 0 Å². The fourth-order valence-corrected chi connectivity index (χ4v) is 8.03. The molecule has 0 atom stereocenters. The Morgan fingerprint density at radius 1 is 0.217 bits per heavy atom. The van der Waals surface area contributed by atoms with Crippen LogP contribution in [0.1, 0.15) is 0 Å². The molecule has 10 aromatic rings. The maximum Gasteiger partial charge on any atom is -0.00139 e. The molecule has 46 heavy (non-hydrogen) atoms. The van der Waals surface area contributed by atoms with Crippen LogP contribution in [0.4, 0.5) is 0 Å². The van der Waals surface area contributed by atoms with Gasteiger partial charge >= 0.3 is 0 Å². The second-order valence-corrected chi connectivity index (χ2v) is 12.4. The Hall–Kier alpha value is -5.98. The summed E-state index contributed by atoms with van der Waals surface area (Å²) in [5, 5.41) is 17.9. The van der Waals surface area contributed by atoms with Crippen molar-refractivity contribution in [1.29, 1.82) is 0 Å². The van der Waals surface area contributed by atoms with Crippen LogP contribution in [0.3, 0.4) is 0 Å². The molecule has 212 valence electrons. The van der Waals surface area contributed by atoms with E-state index in [1.54, 1.807) is 0 Å². The molecule has 0 heterocycles. The summed E-state index contributed by atoms with van der Waals surface area (Å²) in [6.45, 7) is 0. The molecule has 0 nitrogen and oxygen atoms in total. The van der Waals surface area contributed by atoms with Crippen LogP contribution in [0.5, 0.6) is 0 Å². The topological polar surface area (TPSA) is 0 Å². The smallest absolute Gasteiger partial charge is 0.00139 e. The first kappa shape index (κ1) is 25.4. The number of rotatable bonds is 2. The van der Waals surface area contributed by atoms with Crippen molar-refractivity contribution in [2.75, 3.05) is 0 Å². The standard InChI is InChI=1S/C46H28/c1-4-16-32-29(12-1)15-11-23-38(32)46-40-22-10-9-21-39(40)44(41-27-25-31-14-3-6-18-34(31)45(41)46)43-28-42-33-17-5-2-13-30(33)24-26-37(42)35-19-7-8-20-36(35)43/h1-28H. The Labute approximate surface area is 266 Å². The third kappa shape index (κ3) is 3.56. The first-order valence-corrected chi connectivity index (χ1v) is 16.0. The van der Waals surface area contributed by atoms with Gasteiger partial charge in [0.2, 0.25) is 0 Å². The molecule has 0 unspecified atom stereocenters. The third-order valence-corrected chi connectivity index (χ3v) is 10.0. The fourth-order valence-electron chi connectivity index (χ4n) is 8.03. The van der Waals surface area contributed by atoms with Crippen LogP contribution in [-0.2, 0) is 0 Å². The molecule has 0 radical (unpaired) electrons. The van der Waals surface area contributed by atoms with E-state index in [1.165, 1.54) is 97.7 Å². The molecule has 0 saturated carbocycles. The molecule has 0 fully saturated rings. The van der Waals surface area contributed by atoms with Crippen molar-refractivity contribution in [2.24, 2.45) is 0 Å². The van der Waals surface area contributed by atoms with E-state index in [9.17, 15) is 0 Å². The van der Waals surface area contributed by atoms with Gasteiger partial charge < -0.3 is 0 Å². The minimum atomic E-state index is 1.26. The highest BCUT2D eigenvalue weighted by atomic mass is 14.2. The summed E-state index contributed by atoms with van der Waals surface area (Å²) in [5.74, 6) is 0. The first-order chi connectivity index (χ1) is 22.8. The van der Waals surface area contributed by atoms with Crippen LogP contribution in [0.15, 0.2) is 170 Å². The number of hydrogen-bond acceptors (Lipinski definition) is 0. The van der Waals surface area contributed by atoms with Crippen LogP contribution >= 0.6 is 0 Å². The van der Waals surface area contributed by atoms with E-state index < -0.39 is 0 Å². The minimum absolute atomic E-state index is 1.26. The molecule has 10 rings (SSSR count). The SMILES string of the molecule is c1ccc2c(-c3c4ccccc4c(-c4cc5c6ccccc6ccc5c5ccccc45)c4ccc5ccccc5c34)cccc2c1. The maximum atomic E-state index is 2.47. The second kappa shape index (κ2) is 9.76. The molecule has 0 N–H and O–H groups in total. The maximum absolute atomic E-state index is 2.47. The average Bonchev–Trinajstić information content (AvgIpc) is 3.13. The number of benzene rings is 10. The van der Waals surface area contributed by atoms with Crippen molar-refractivity contribution < 1.29 is 0 Å². The summed E-state index contributed by atoms with van der Waals surface area (Å²) in [5.41, 5.74) is 5.15. The summed E-state index contributed by atoms with van der Waals surface area (Å²) >= 11 is 0. The largest absolute Gasteiger partial charge is 0.0616 e. The third-order valence-electron chi connectivity index (χ3n) is 10.0. The van der Waals surface area contributed by atoms with E-state index in [1.807, 2.05) is 0 Å². The molecule has 0 aliphatic rings. The molecule has 0 bridgehead atoms. The highest BCUT2D eigenvalue weighted by Crippen LogP contribution is 2.49. The van der Waals surface area contributed by atoms with Gasteiger partial charge in [-0.25, -0.2) is 0 Å². The van der Waals surface area contributed by atoms with Gasteiger partial charge in [0.05, 0.1) is 0 Å². The second-order valence-electron chi connectivity index (χ2n) is 12.4. The molecular weight excluding hydrogens is 553 g/mol. The normalized spacial score (nSPS) is 11.9. The Balaban J connectivity index is 1.47. The molecule has 0 amide bonds. The van der Waals surface area contributed by atoms with E-state index in [2.05, 4.69) is 170 Å². The lowest BCUT2D eigenvalue weighted by Crippen LogP contribution is -1.94. The van der Waals surface area contributed by atoms with Gasteiger partial charge in [-0.1, -0.05) is 164 Å². The lowest BCUT2D eigenvalue weighted by molar-refractivity contribution is 1.70. The Bertz CT molecular complexity index is 2850. The van der Waals surface area contributed by atoms with Gasteiger partial charge in [0.25, 0.3) is 0 Å². The highest BCUT2D eigenvalue weighted by molar-refractivity contribution is 6.32. The molecular formula is C46H28. The van der Waals surface area contributed by atoms with Crippen molar-refractivity contribution in [1.82, 2.24) is 0 Å². The lowest BCUT2D eigenvalue weighted by atomic mass is 9.81. The van der Waals surface area contributed by atoms with Crippen molar-refractivity contribution in [3.63, 3.8) is 0 Å². The van der Waals surface area contributed by atoms with Crippen molar-refractivity contribution >= 4 is 75.4 Å². The Morgan fingerprint density at radius 2 is 0.696 bits per heavy atom. The molecule has 0 spiro atoms. The van der Waals surface area contributed by atoms with E-state index in [-0.39, 0.29) is 0 Å². The molecule has 0 saturated heterocycles. The number of fused-ring (bicyclic) bond motifs is 10. The monoisotopic (exact) mass is 580 g/mol. The zero-order valence-electron chi connectivity index (χ0n) is 25.2. The van der Waals surface area contributed by atoms with Crippen LogP contribution in [-0.4, -0.2) is 0 Å². The van der Waals surface area contributed by atoms with Gasteiger partial charge in [-0.15, -0.1) is 0 Å². The van der Waals surface area contributed by atoms with Crippen LogP contribution in [0.25, 0.3) is 97.7 Å². The van der Waals surface area contributed by atoms with E-state index in [4.69, 9.17) is 0 Å². The van der Waals surface area contributed by atoms with Gasteiger partial charge in [0.1, 0.15) is 0 Å². The first-order valence-electron chi connectivity index (χ1n) is 16.0. The molecule has 0 aromatic heterocycles. The molecule has 0 heteroatoms. The van der Waals surface area contributed by atoms with Crippen LogP contribution < -0.4 is 0 Å². The fraction of sp³-hybridized carbons (Fsp3) is 0. The zero-order valence-corrected chi connectivity index (χ0v) is 25.2. The van der Waals surface area contributed by atoms with Gasteiger partial charge in [-0.2, -0.15) is 0 Å². The van der Waals surface area contributed by atoms with Crippen LogP contribution in [0.2, 0.25) is 0 Å². The van der Waals surface area contributed by atoms with Gasteiger partial charge in [0.15, 0.2) is 0 Å². The summed E-state index contributed by atoms with van der Waals surface area (Å²) in [6, 6.07) is 62.9. The van der Waals surface area contributed by atoms with Crippen molar-refractivity contribution in [3.8, 4) is 22.3 Å². The molecule has 10 aromatic carbocycles. The van der Waals surface area contributed by atoms with Crippen LogP contribution in [0, 0.1) is 0 Å². The molecule has 0 aliphatic carbocycles. The zero-order chi connectivity index (χ0) is 30.2. The van der Waals surface area contributed by atoms with E-state index >= 15 is 0 Å². The highest BCUT2D eigenvalue weighted by Gasteiger charge is 2.21. The van der Waals surface area contributed by atoms with E-state index in [0.717, 1.165) is 0 Å². The van der Waals surface area contributed by atoms with Gasteiger partial charge in [-0.05, 0) is 104 Å².